The number of hydrogen-bond acceptors (Lipinski definition) is 4. The number of unbranched alkanes of at least 4 members (excludes halogenated alkanes) is 14. The van der Waals surface area contributed by atoms with Crippen molar-refractivity contribution in [3.63, 3.8) is 0 Å². The van der Waals surface area contributed by atoms with Gasteiger partial charge in [-0.2, -0.15) is 0 Å². The summed E-state index contributed by atoms with van der Waals surface area (Å²) in [5.74, 6) is 2.07. The fourth-order valence-electron chi connectivity index (χ4n) is 5.64. The molecule has 1 aromatic carbocycles. The average Bonchev–Trinajstić information content (AvgIpc) is 3.52. The first-order valence-electron chi connectivity index (χ1n) is 15.9. The van der Waals surface area contributed by atoms with Crippen molar-refractivity contribution in [2.45, 2.75) is 136 Å². The summed E-state index contributed by atoms with van der Waals surface area (Å²) in [6.45, 7) is 7.24. The fraction of sp³-hybridized carbons (Fsp3) is 0.618. The van der Waals surface area contributed by atoms with Gasteiger partial charge in [-0.1, -0.05) is 134 Å². The molecule has 3 heterocycles. The molecule has 5 heteroatoms. The van der Waals surface area contributed by atoms with Crippen molar-refractivity contribution >= 4 is 17.0 Å². The molecule has 0 saturated carbocycles. The second-order valence-electron chi connectivity index (χ2n) is 11.4. The lowest BCUT2D eigenvalue weighted by molar-refractivity contribution is 0.531. The lowest BCUT2D eigenvalue weighted by Crippen LogP contribution is -2.07. The highest BCUT2D eigenvalue weighted by molar-refractivity contribution is 7.15. The van der Waals surface area contributed by atoms with Crippen LogP contribution in [-0.2, 0) is 19.4 Å². The third kappa shape index (κ3) is 8.61. The van der Waals surface area contributed by atoms with Crippen LogP contribution >= 0.6 is 11.3 Å². The van der Waals surface area contributed by atoms with Gasteiger partial charge in [0, 0.05) is 22.4 Å². The SMILES string of the molecule is CCCCCCCCCCCCCCCCCc1nnc2n1-c1sc(CC)cc1C(c1ccc(C)cc1)=NC2. The Balaban J connectivity index is 1.22. The van der Waals surface area contributed by atoms with Crippen molar-refractivity contribution in [1.82, 2.24) is 14.8 Å². The standard InChI is InChI=1S/C34H50N4S/c1-4-6-7-8-9-10-11-12-13-14-15-16-17-18-19-20-31-36-37-32-26-35-33(28-23-21-27(3)22-24-28)30-25-29(5-2)39-34(30)38(31)32/h21-25H,4-20,26H2,1-3H3. The van der Waals surface area contributed by atoms with Gasteiger partial charge in [-0.25, -0.2) is 0 Å². The van der Waals surface area contributed by atoms with E-state index >= 15 is 0 Å². The van der Waals surface area contributed by atoms with Gasteiger partial charge in [0.2, 0.25) is 0 Å². The molecule has 0 radical (unpaired) electrons. The van der Waals surface area contributed by atoms with E-state index in [0.29, 0.717) is 6.54 Å². The predicted octanol–water partition coefficient (Wildman–Crippen LogP) is 9.96. The number of aliphatic imine (C=N–C) groups is 1. The smallest absolute Gasteiger partial charge is 0.160 e. The summed E-state index contributed by atoms with van der Waals surface area (Å²) >= 11 is 1.88. The Hall–Kier alpha value is -2.27. The van der Waals surface area contributed by atoms with Crippen LogP contribution in [0.1, 0.15) is 143 Å². The molecule has 0 N–H and O–H groups in total. The lowest BCUT2D eigenvalue weighted by Gasteiger charge is -2.09. The van der Waals surface area contributed by atoms with Crippen molar-refractivity contribution in [3.05, 3.63) is 63.5 Å². The zero-order chi connectivity index (χ0) is 27.3. The molecule has 0 aliphatic carbocycles. The number of nitrogens with zero attached hydrogens (tertiary/aromatic N) is 4. The molecule has 0 fully saturated rings. The minimum Gasteiger partial charge on any atom is -0.276 e. The number of thiophene rings is 1. The van der Waals surface area contributed by atoms with E-state index in [0.717, 1.165) is 30.2 Å². The zero-order valence-electron chi connectivity index (χ0n) is 24.8. The first kappa shape index (κ1) is 29.7. The van der Waals surface area contributed by atoms with Crippen LogP contribution in [0.4, 0.5) is 0 Å². The highest BCUT2D eigenvalue weighted by Gasteiger charge is 2.25. The molecular formula is C34H50N4S. The molecule has 0 bridgehead atoms. The van der Waals surface area contributed by atoms with Gasteiger partial charge in [-0.15, -0.1) is 21.5 Å². The predicted molar refractivity (Wildman–Crippen MR) is 168 cm³/mol. The van der Waals surface area contributed by atoms with E-state index in [9.17, 15) is 0 Å². The van der Waals surface area contributed by atoms with Crippen LogP contribution in [0.5, 0.6) is 0 Å². The molecule has 0 atom stereocenters. The van der Waals surface area contributed by atoms with Gasteiger partial charge in [0.15, 0.2) is 5.82 Å². The fourth-order valence-corrected chi connectivity index (χ4v) is 6.78. The summed E-state index contributed by atoms with van der Waals surface area (Å²) in [6.07, 6.45) is 22.9. The normalized spacial score (nSPS) is 12.7. The van der Waals surface area contributed by atoms with E-state index in [1.165, 1.54) is 123 Å². The molecule has 2 aromatic heterocycles. The second-order valence-corrected chi connectivity index (χ2v) is 12.5. The van der Waals surface area contributed by atoms with E-state index in [-0.39, 0.29) is 0 Å². The van der Waals surface area contributed by atoms with Crippen LogP contribution in [0.25, 0.3) is 5.00 Å². The van der Waals surface area contributed by atoms with Gasteiger partial charge >= 0.3 is 0 Å². The first-order valence-corrected chi connectivity index (χ1v) is 16.7. The van der Waals surface area contributed by atoms with E-state index in [4.69, 9.17) is 4.99 Å². The summed E-state index contributed by atoms with van der Waals surface area (Å²) in [7, 11) is 0. The molecule has 3 aromatic rings. The Kier molecular flexibility index (Phi) is 12.3. The topological polar surface area (TPSA) is 43.1 Å². The molecule has 0 amide bonds. The highest BCUT2D eigenvalue weighted by Crippen LogP contribution is 2.34. The van der Waals surface area contributed by atoms with Gasteiger partial charge in [-0.3, -0.25) is 9.56 Å². The number of aryl methyl sites for hydroxylation is 3. The molecule has 0 spiro atoms. The molecule has 1 aliphatic rings. The van der Waals surface area contributed by atoms with E-state index in [1.807, 2.05) is 11.3 Å². The minimum atomic E-state index is 0.581. The van der Waals surface area contributed by atoms with Crippen molar-refractivity contribution in [1.29, 1.82) is 0 Å². The molecule has 4 rings (SSSR count). The third-order valence-electron chi connectivity index (χ3n) is 8.07. The van der Waals surface area contributed by atoms with Crippen LogP contribution in [0.3, 0.4) is 0 Å². The molecule has 0 saturated heterocycles. The van der Waals surface area contributed by atoms with Gasteiger partial charge in [0.05, 0.1) is 5.71 Å². The van der Waals surface area contributed by atoms with Gasteiger partial charge in [0.1, 0.15) is 17.4 Å². The van der Waals surface area contributed by atoms with E-state index in [2.05, 4.69) is 65.9 Å². The molecule has 39 heavy (non-hydrogen) atoms. The second kappa shape index (κ2) is 16.1. The third-order valence-corrected chi connectivity index (χ3v) is 9.34. The Bertz CT molecular complexity index is 1150. The Morgan fingerprint density at radius 1 is 0.744 bits per heavy atom. The number of benzene rings is 1. The first-order chi connectivity index (χ1) is 19.2. The highest BCUT2D eigenvalue weighted by atomic mass is 32.1. The summed E-state index contributed by atoms with van der Waals surface area (Å²) in [5.41, 5.74) is 4.78. The van der Waals surface area contributed by atoms with Crippen LogP contribution in [0.2, 0.25) is 0 Å². The molecule has 212 valence electrons. The maximum atomic E-state index is 5.04. The summed E-state index contributed by atoms with van der Waals surface area (Å²) in [5, 5.41) is 10.5. The monoisotopic (exact) mass is 546 g/mol. The molecule has 1 aliphatic heterocycles. The van der Waals surface area contributed by atoms with Crippen molar-refractivity contribution in [2.75, 3.05) is 0 Å². The van der Waals surface area contributed by atoms with Gasteiger partial charge in [0.25, 0.3) is 0 Å². The Morgan fingerprint density at radius 2 is 1.33 bits per heavy atom. The quantitative estimate of drug-likeness (QED) is 0.149. The van der Waals surface area contributed by atoms with Crippen molar-refractivity contribution in [3.8, 4) is 5.00 Å². The molecule has 4 nitrogen and oxygen atoms in total. The maximum Gasteiger partial charge on any atom is 0.160 e. The van der Waals surface area contributed by atoms with Crippen molar-refractivity contribution in [2.24, 2.45) is 4.99 Å². The summed E-state index contributed by atoms with van der Waals surface area (Å²) < 4.78 is 2.33. The minimum absolute atomic E-state index is 0.581. The van der Waals surface area contributed by atoms with Crippen LogP contribution < -0.4 is 0 Å². The van der Waals surface area contributed by atoms with E-state index < -0.39 is 0 Å². The summed E-state index contributed by atoms with van der Waals surface area (Å²) in [6, 6.07) is 11.1. The number of hydrogen-bond donors (Lipinski definition) is 0. The van der Waals surface area contributed by atoms with Gasteiger partial charge in [-0.05, 0) is 25.8 Å². The number of fused-ring (bicyclic) bond motifs is 3. The molecular weight excluding hydrogens is 496 g/mol. The average molecular weight is 547 g/mol. The zero-order valence-corrected chi connectivity index (χ0v) is 25.6. The lowest BCUT2D eigenvalue weighted by atomic mass is 10.0. The van der Waals surface area contributed by atoms with E-state index in [1.54, 1.807) is 0 Å². The number of aromatic nitrogens is 3. The summed E-state index contributed by atoms with van der Waals surface area (Å²) in [4.78, 5) is 6.43. The maximum absolute atomic E-state index is 5.04. The van der Waals surface area contributed by atoms with Gasteiger partial charge < -0.3 is 0 Å². The Labute approximate surface area is 241 Å². The van der Waals surface area contributed by atoms with Crippen LogP contribution in [0, 0.1) is 6.92 Å². The Morgan fingerprint density at radius 3 is 1.92 bits per heavy atom. The largest absolute Gasteiger partial charge is 0.276 e. The van der Waals surface area contributed by atoms with Crippen LogP contribution in [-0.4, -0.2) is 20.5 Å². The van der Waals surface area contributed by atoms with Crippen molar-refractivity contribution < 1.29 is 0 Å². The van der Waals surface area contributed by atoms with Crippen LogP contribution in [0.15, 0.2) is 35.3 Å². The molecule has 0 unspecified atom stereocenters. The number of rotatable bonds is 18.